The summed E-state index contributed by atoms with van der Waals surface area (Å²) in [5.41, 5.74) is 1.90. The number of rotatable bonds is 14. The van der Waals surface area contributed by atoms with E-state index in [4.69, 9.17) is 18.3 Å². The molecular weight excluding hydrogens is 569 g/mol. The third-order valence-electron chi connectivity index (χ3n) is 9.09. The first-order valence-corrected chi connectivity index (χ1v) is 19.7. The number of nitrogens with zero attached hydrogens (tertiary/aromatic N) is 2. The zero-order chi connectivity index (χ0) is 32.2. The van der Waals surface area contributed by atoms with E-state index in [0.29, 0.717) is 44.6 Å². The van der Waals surface area contributed by atoms with Gasteiger partial charge >= 0.3 is 5.97 Å². The van der Waals surface area contributed by atoms with Crippen molar-refractivity contribution in [1.29, 1.82) is 0 Å². The van der Waals surface area contributed by atoms with E-state index in [2.05, 4.69) is 88.1 Å². The average molecular weight is 623 g/mol. The van der Waals surface area contributed by atoms with E-state index in [0.717, 1.165) is 0 Å². The van der Waals surface area contributed by atoms with Crippen molar-refractivity contribution in [3.05, 3.63) is 40.2 Å². The van der Waals surface area contributed by atoms with E-state index >= 15 is 0 Å². The molecule has 2 rings (SSSR count). The molecule has 1 aromatic rings. The molecule has 0 aromatic carbocycles. The van der Waals surface area contributed by atoms with Crippen molar-refractivity contribution in [2.45, 2.75) is 142 Å². The number of carbonyl (C=O) groups excluding carboxylic acids is 1. The maximum Gasteiger partial charge on any atom is 0.302 e. The van der Waals surface area contributed by atoms with Gasteiger partial charge in [-0.25, -0.2) is 0 Å². The fraction of sp³-hybridized carbons (Fsp3) is 0.742. The standard InChI is InChI=1S/C31H54N2O7Si2/c1-19(2)41(20(3)4,21(5)6)39-29-16-28(26-14-15-32-17-27(26)33(35)36)38-30(18-37-25(13)34)31(29)40-42(22(7)8,23(9)10)24(11)12/h14-17,19-24,29-31H,18H2,1-13H3/t29-,30-,31+/m1/s1. The molecule has 0 fully saturated rings. The Balaban J connectivity index is 2.90. The van der Waals surface area contributed by atoms with E-state index < -0.39 is 45.8 Å². The van der Waals surface area contributed by atoms with Gasteiger partial charge in [0.1, 0.15) is 24.7 Å². The predicted octanol–water partition coefficient (Wildman–Crippen LogP) is 8.41. The summed E-state index contributed by atoms with van der Waals surface area (Å²) in [6.45, 7) is 28.0. The fourth-order valence-corrected chi connectivity index (χ4v) is 18.5. The van der Waals surface area contributed by atoms with Crippen LogP contribution in [0.2, 0.25) is 33.2 Å². The zero-order valence-electron chi connectivity index (χ0n) is 28.0. The highest BCUT2D eigenvalue weighted by molar-refractivity contribution is 6.78. The normalized spacial score (nSPS) is 20.1. The third kappa shape index (κ3) is 7.34. The Kier molecular flexibility index (Phi) is 12.5. The van der Waals surface area contributed by atoms with Crippen molar-refractivity contribution >= 4 is 34.1 Å². The van der Waals surface area contributed by atoms with Crippen LogP contribution in [0.3, 0.4) is 0 Å². The zero-order valence-corrected chi connectivity index (χ0v) is 30.0. The quantitative estimate of drug-likeness (QED) is 0.0880. The second-order valence-electron chi connectivity index (χ2n) is 13.4. The van der Waals surface area contributed by atoms with Crippen LogP contribution in [0.15, 0.2) is 24.5 Å². The van der Waals surface area contributed by atoms with Crippen LogP contribution >= 0.6 is 0 Å². The molecule has 0 N–H and O–H groups in total. The number of ether oxygens (including phenoxy) is 2. The maximum absolute atomic E-state index is 12.0. The lowest BCUT2D eigenvalue weighted by molar-refractivity contribution is -0.385. The van der Waals surface area contributed by atoms with Crippen LogP contribution in [0.25, 0.3) is 5.76 Å². The highest BCUT2D eigenvalue weighted by Crippen LogP contribution is 2.48. The predicted molar refractivity (Wildman–Crippen MR) is 172 cm³/mol. The molecule has 42 heavy (non-hydrogen) atoms. The van der Waals surface area contributed by atoms with E-state index in [1.54, 1.807) is 6.07 Å². The smallest absolute Gasteiger partial charge is 0.302 e. The van der Waals surface area contributed by atoms with E-state index in [9.17, 15) is 14.9 Å². The van der Waals surface area contributed by atoms with Crippen LogP contribution in [0.4, 0.5) is 5.69 Å². The molecule has 0 unspecified atom stereocenters. The molecule has 2 heterocycles. The number of aromatic nitrogens is 1. The molecule has 0 saturated heterocycles. The Morgan fingerprint density at radius 2 is 1.38 bits per heavy atom. The first-order chi connectivity index (χ1) is 19.4. The lowest BCUT2D eigenvalue weighted by Crippen LogP contribution is -2.60. The molecule has 0 bridgehead atoms. The molecule has 0 radical (unpaired) electrons. The molecule has 0 spiro atoms. The number of carbonyl (C=O) groups is 1. The molecule has 0 amide bonds. The largest absolute Gasteiger partial charge is 0.483 e. The van der Waals surface area contributed by atoms with E-state index in [1.807, 2.05) is 6.08 Å². The van der Waals surface area contributed by atoms with Gasteiger partial charge in [0, 0.05) is 13.1 Å². The van der Waals surface area contributed by atoms with Crippen molar-refractivity contribution in [3.63, 3.8) is 0 Å². The van der Waals surface area contributed by atoms with Crippen LogP contribution in [-0.2, 0) is 23.1 Å². The van der Waals surface area contributed by atoms with Crippen molar-refractivity contribution in [2.24, 2.45) is 0 Å². The van der Waals surface area contributed by atoms with Gasteiger partial charge in [-0.15, -0.1) is 0 Å². The number of hydrogen-bond acceptors (Lipinski definition) is 8. The van der Waals surface area contributed by atoms with Crippen LogP contribution < -0.4 is 0 Å². The number of nitro groups is 1. The number of esters is 1. The Hall–Kier alpha value is -2.09. The first-order valence-electron chi connectivity index (χ1n) is 15.4. The highest BCUT2D eigenvalue weighted by atomic mass is 28.4. The molecule has 238 valence electrons. The van der Waals surface area contributed by atoms with Gasteiger partial charge in [0.25, 0.3) is 5.69 Å². The van der Waals surface area contributed by atoms with Gasteiger partial charge < -0.3 is 18.3 Å². The van der Waals surface area contributed by atoms with Gasteiger partial charge in [0.15, 0.2) is 6.10 Å². The topological polar surface area (TPSA) is 110 Å². The first kappa shape index (κ1) is 36.1. The Labute approximate surface area is 255 Å². The fourth-order valence-electron chi connectivity index (χ4n) is 7.48. The van der Waals surface area contributed by atoms with Gasteiger partial charge in [-0.2, -0.15) is 0 Å². The summed E-state index contributed by atoms with van der Waals surface area (Å²) >= 11 is 0. The average Bonchev–Trinajstić information content (AvgIpc) is 2.88. The van der Waals surface area contributed by atoms with Gasteiger partial charge in [-0.05, 0) is 45.4 Å². The van der Waals surface area contributed by atoms with Crippen molar-refractivity contribution < 1.29 is 28.0 Å². The molecule has 11 heteroatoms. The summed E-state index contributed by atoms with van der Waals surface area (Å²) in [7, 11) is -4.95. The second-order valence-corrected chi connectivity index (χ2v) is 24.3. The van der Waals surface area contributed by atoms with Crippen LogP contribution in [0.1, 0.15) is 95.6 Å². The molecule has 1 aliphatic heterocycles. The molecule has 0 aliphatic carbocycles. The summed E-state index contributed by atoms with van der Waals surface area (Å²) in [4.78, 5) is 27.5. The highest BCUT2D eigenvalue weighted by Gasteiger charge is 2.54. The summed E-state index contributed by atoms with van der Waals surface area (Å²) in [5, 5.41) is 12.0. The molecule has 0 saturated carbocycles. The minimum absolute atomic E-state index is 0.0611. The Bertz CT molecular complexity index is 1060. The van der Waals surface area contributed by atoms with E-state index in [1.165, 1.54) is 19.3 Å². The van der Waals surface area contributed by atoms with Gasteiger partial charge in [-0.1, -0.05) is 83.1 Å². The molecule has 9 nitrogen and oxygen atoms in total. The molecule has 1 aliphatic rings. The third-order valence-corrected chi connectivity index (χ3v) is 21.3. The van der Waals surface area contributed by atoms with Gasteiger partial charge in [0.2, 0.25) is 16.6 Å². The monoisotopic (exact) mass is 622 g/mol. The summed E-state index contributed by atoms with van der Waals surface area (Å²) in [6.07, 6.45) is 2.73. The van der Waals surface area contributed by atoms with Crippen LogP contribution in [0.5, 0.6) is 0 Å². The van der Waals surface area contributed by atoms with Crippen molar-refractivity contribution in [3.8, 4) is 0 Å². The van der Waals surface area contributed by atoms with Gasteiger partial charge in [0.05, 0.1) is 16.6 Å². The second kappa shape index (κ2) is 14.6. The Morgan fingerprint density at radius 3 is 1.81 bits per heavy atom. The van der Waals surface area contributed by atoms with Crippen molar-refractivity contribution in [2.75, 3.05) is 6.61 Å². The minimum atomic E-state index is -2.47. The lowest BCUT2D eigenvalue weighted by Gasteiger charge is -2.51. The summed E-state index contributed by atoms with van der Waals surface area (Å²) in [5.74, 6) is -0.118. The van der Waals surface area contributed by atoms with E-state index in [-0.39, 0.29) is 12.3 Å². The molecule has 1 aromatic heterocycles. The molecule has 3 atom stereocenters. The van der Waals surface area contributed by atoms with Crippen molar-refractivity contribution in [1.82, 2.24) is 4.98 Å². The summed E-state index contributed by atoms with van der Waals surface area (Å²) < 4.78 is 26.9. The summed E-state index contributed by atoms with van der Waals surface area (Å²) in [6, 6.07) is 1.58. The number of pyridine rings is 1. The van der Waals surface area contributed by atoms with Gasteiger partial charge in [-0.3, -0.25) is 19.9 Å². The van der Waals surface area contributed by atoms with Crippen LogP contribution in [0, 0.1) is 10.1 Å². The molecular formula is C31H54N2O7Si2. The maximum atomic E-state index is 12.0. The number of hydrogen-bond donors (Lipinski definition) is 0. The minimum Gasteiger partial charge on any atom is -0.483 e. The SMILES string of the molecule is CC(=O)OC[C@H]1OC(c2ccncc2[N+](=O)[O-])=C[C@@H](O[Si](C(C)C)(C(C)C)C(C)C)[C@@H]1O[Si](C(C)C)(C(C)C)C(C)C. The lowest BCUT2D eigenvalue weighted by atomic mass is 10.0. The Morgan fingerprint density at radius 1 is 0.905 bits per heavy atom. The van der Waals surface area contributed by atoms with Crippen LogP contribution in [-0.4, -0.2) is 57.4 Å².